The Labute approximate surface area is 169 Å². The molecule has 146 valence electrons. The Balaban J connectivity index is 1.66. The van der Waals surface area contributed by atoms with E-state index in [0.717, 1.165) is 11.3 Å². The first-order valence-electron chi connectivity index (χ1n) is 9.24. The summed E-state index contributed by atoms with van der Waals surface area (Å²) in [6.07, 6.45) is 6.55. The number of carbonyl (C=O) groups is 2. The zero-order valence-electron chi connectivity index (χ0n) is 16.1. The number of anilines is 3. The van der Waals surface area contributed by atoms with Crippen LogP contribution < -0.4 is 16.0 Å². The second-order valence-electron chi connectivity index (χ2n) is 6.29. The van der Waals surface area contributed by atoms with Crippen LogP contribution in [0.15, 0.2) is 79.1 Å². The second-order valence-corrected chi connectivity index (χ2v) is 6.29. The first-order valence-corrected chi connectivity index (χ1v) is 9.24. The monoisotopic (exact) mass is 386 g/mol. The van der Waals surface area contributed by atoms with Gasteiger partial charge in [-0.25, -0.2) is 0 Å². The highest BCUT2D eigenvalue weighted by Crippen LogP contribution is 2.18. The van der Waals surface area contributed by atoms with Crippen molar-refractivity contribution in [2.24, 2.45) is 0 Å². The van der Waals surface area contributed by atoms with Gasteiger partial charge in [0.25, 0.3) is 11.8 Å². The average Bonchev–Trinajstić information content (AvgIpc) is 2.75. The van der Waals surface area contributed by atoms with Crippen LogP contribution >= 0.6 is 0 Å². The molecule has 2 aromatic carbocycles. The van der Waals surface area contributed by atoms with Crippen LogP contribution in [0.1, 0.15) is 22.8 Å². The number of pyridine rings is 1. The molecule has 0 aliphatic heterocycles. The van der Waals surface area contributed by atoms with Crippen LogP contribution in [0.25, 0.3) is 6.08 Å². The maximum absolute atomic E-state index is 12.5. The van der Waals surface area contributed by atoms with Gasteiger partial charge in [-0.3, -0.25) is 14.6 Å². The van der Waals surface area contributed by atoms with Crippen molar-refractivity contribution < 1.29 is 9.59 Å². The fourth-order valence-corrected chi connectivity index (χ4v) is 2.79. The maximum atomic E-state index is 12.5. The third-order valence-electron chi connectivity index (χ3n) is 4.34. The molecule has 2 amide bonds. The first-order chi connectivity index (χ1) is 14.1. The van der Waals surface area contributed by atoms with Gasteiger partial charge in [-0.05, 0) is 55.0 Å². The van der Waals surface area contributed by atoms with Crippen LogP contribution in [0.2, 0.25) is 0 Å². The molecular weight excluding hydrogens is 364 g/mol. The number of nitrogen functional groups attached to an aromatic ring is 1. The van der Waals surface area contributed by atoms with Crippen molar-refractivity contribution in [3.05, 3.63) is 90.3 Å². The summed E-state index contributed by atoms with van der Waals surface area (Å²) in [5.41, 5.74) is 9.00. The van der Waals surface area contributed by atoms with Crippen LogP contribution in [-0.2, 0) is 4.79 Å². The van der Waals surface area contributed by atoms with Gasteiger partial charge >= 0.3 is 0 Å². The van der Waals surface area contributed by atoms with Gasteiger partial charge in [-0.15, -0.1) is 0 Å². The molecule has 3 aromatic rings. The number of nitrogens with zero attached hydrogens (tertiary/aromatic N) is 2. The molecule has 0 radical (unpaired) electrons. The lowest BCUT2D eigenvalue weighted by molar-refractivity contribution is -0.114. The van der Waals surface area contributed by atoms with Gasteiger partial charge < -0.3 is 16.0 Å². The Bertz CT molecular complexity index is 1010. The Morgan fingerprint density at radius 1 is 1.07 bits per heavy atom. The normalized spacial score (nSPS) is 10.7. The first kappa shape index (κ1) is 19.8. The van der Waals surface area contributed by atoms with E-state index in [-0.39, 0.29) is 11.8 Å². The van der Waals surface area contributed by atoms with E-state index in [9.17, 15) is 9.59 Å². The van der Waals surface area contributed by atoms with Crippen LogP contribution in [0.3, 0.4) is 0 Å². The predicted molar refractivity (Wildman–Crippen MR) is 117 cm³/mol. The number of hydrogen-bond donors (Lipinski definition) is 2. The molecule has 1 aromatic heterocycles. The van der Waals surface area contributed by atoms with Crippen LogP contribution in [0.4, 0.5) is 17.1 Å². The van der Waals surface area contributed by atoms with Gasteiger partial charge in [0, 0.05) is 24.4 Å². The van der Waals surface area contributed by atoms with Crippen LogP contribution in [-0.4, -0.2) is 23.3 Å². The van der Waals surface area contributed by atoms with Crippen molar-refractivity contribution in [2.45, 2.75) is 6.92 Å². The highest BCUT2D eigenvalue weighted by atomic mass is 16.2. The van der Waals surface area contributed by atoms with E-state index >= 15 is 0 Å². The van der Waals surface area contributed by atoms with Crippen molar-refractivity contribution in [2.75, 3.05) is 22.5 Å². The number of nitrogens with one attached hydrogen (secondary N) is 1. The van der Waals surface area contributed by atoms with Crippen molar-refractivity contribution in [1.82, 2.24) is 4.98 Å². The molecule has 0 unspecified atom stereocenters. The van der Waals surface area contributed by atoms with Gasteiger partial charge in [-0.1, -0.05) is 24.3 Å². The molecule has 0 aliphatic rings. The van der Waals surface area contributed by atoms with E-state index in [1.54, 1.807) is 71.9 Å². The lowest BCUT2D eigenvalue weighted by atomic mass is 10.1. The Hall–Kier alpha value is -3.93. The SMILES string of the molecule is CCN(C(=O)C=Cc1ccc(C(=O)Nc2ccccc2N)cc1)c1cccnc1. The minimum absolute atomic E-state index is 0.137. The molecule has 0 aliphatic carbocycles. The summed E-state index contributed by atoms with van der Waals surface area (Å²) in [5.74, 6) is -0.384. The fourth-order valence-electron chi connectivity index (χ4n) is 2.79. The van der Waals surface area contributed by atoms with E-state index in [1.165, 1.54) is 6.08 Å². The van der Waals surface area contributed by atoms with Crippen LogP contribution in [0, 0.1) is 0 Å². The van der Waals surface area contributed by atoms with Crippen molar-refractivity contribution >= 4 is 35.0 Å². The zero-order chi connectivity index (χ0) is 20.6. The van der Waals surface area contributed by atoms with Gasteiger partial charge in [-0.2, -0.15) is 0 Å². The molecule has 3 rings (SSSR count). The summed E-state index contributed by atoms with van der Waals surface area (Å²) < 4.78 is 0. The zero-order valence-corrected chi connectivity index (χ0v) is 16.1. The molecule has 1 heterocycles. The van der Waals surface area contributed by atoms with Gasteiger partial charge in [0.15, 0.2) is 0 Å². The number of amides is 2. The third kappa shape index (κ3) is 5.07. The fraction of sp³-hybridized carbons (Fsp3) is 0.0870. The average molecular weight is 386 g/mol. The molecule has 0 atom stereocenters. The highest BCUT2D eigenvalue weighted by Gasteiger charge is 2.11. The largest absolute Gasteiger partial charge is 0.397 e. The molecular formula is C23H22N4O2. The molecule has 6 heteroatoms. The highest BCUT2D eigenvalue weighted by molar-refractivity contribution is 6.06. The summed E-state index contributed by atoms with van der Waals surface area (Å²) in [7, 11) is 0. The molecule has 29 heavy (non-hydrogen) atoms. The Kier molecular flexibility index (Phi) is 6.37. The lowest BCUT2D eigenvalue weighted by Gasteiger charge is -2.18. The predicted octanol–water partition coefficient (Wildman–Crippen LogP) is 3.98. The number of hydrogen-bond acceptors (Lipinski definition) is 4. The molecule has 0 saturated carbocycles. The lowest BCUT2D eigenvalue weighted by Crippen LogP contribution is -2.28. The summed E-state index contributed by atoms with van der Waals surface area (Å²) >= 11 is 0. The number of carbonyl (C=O) groups excluding carboxylic acids is 2. The summed E-state index contributed by atoms with van der Waals surface area (Å²) in [6, 6.07) is 17.7. The molecule has 0 fully saturated rings. The molecule has 0 spiro atoms. The van der Waals surface area contributed by atoms with Crippen molar-refractivity contribution in [1.29, 1.82) is 0 Å². The van der Waals surface area contributed by atoms with Gasteiger partial charge in [0.1, 0.15) is 0 Å². The smallest absolute Gasteiger partial charge is 0.255 e. The van der Waals surface area contributed by atoms with Gasteiger partial charge in [0.2, 0.25) is 0 Å². The molecule has 0 saturated heterocycles. The van der Waals surface area contributed by atoms with Crippen molar-refractivity contribution in [3.63, 3.8) is 0 Å². The third-order valence-corrected chi connectivity index (χ3v) is 4.34. The van der Waals surface area contributed by atoms with Crippen LogP contribution in [0.5, 0.6) is 0 Å². The minimum Gasteiger partial charge on any atom is -0.397 e. The summed E-state index contributed by atoms with van der Waals surface area (Å²) in [5, 5.41) is 2.79. The number of rotatable bonds is 6. The topological polar surface area (TPSA) is 88.3 Å². The van der Waals surface area contributed by atoms with Crippen molar-refractivity contribution in [3.8, 4) is 0 Å². The number of likely N-dealkylation sites (N-methyl/N-ethyl adjacent to an activating group) is 1. The van der Waals surface area contributed by atoms with E-state index in [2.05, 4.69) is 10.3 Å². The number of benzene rings is 2. The molecule has 3 N–H and O–H groups in total. The maximum Gasteiger partial charge on any atom is 0.255 e. The van der Waals surface area contributed by atoms with E-state index in [0.29, 0.717) is 23.5 Å². The standard InChI is InChI=1S/C23H22N4O2/c1-2-27(19-6-5-15-25-16-19)22(28)14-11-17-9-12-18(13-10-17)23(29)26-21-8-4-3-7-20(21)24/h3-16H,2,24H2,1H3,(H,26,29). The second kappa shape index (κ2) is 9.32. The number of aromatic nitrogens is 1. The summed E-state index contributed by atoms with van der Waals surface area (Å²) in [4.78, 5) is 30.6. The van der Waals surface area contributed by atoms with Gasteiger partial charge in [0.05, 0.1) is 23.3 Å². The Morgan fingerprint density at radius 3 is 2.48 bits per heavy atom. The number of para-hydroxylation sites is 2. The molecule has 0 bridgehead atoms. The van der Waals surface area contributed by atoms with E-state index in [1.807, 2.05) is 19.1 Å². The minimum atomic E-state index is -0.247. The Morgan fingerprint density at radius 2 is 1.83 bits per heavy atom. The van der Waals surface area contributed by atoms with E-state index in [4.69, 9.17) is 5.73 Å². The summed E-state index contributed by atoms with van der Waals surface area (Å²) in [6.45, 7) is 2.45. The van der Waals surface area contributed by atoms with E-state index < -0.39 is 0 Å². The quantitative estimate of drug-likeness (QED) is 0.495. The number of nitrogens with two attached hydrogens (primary N) is 1. The molecule has 6 nitrogen and oxygen atoms in total.